The summed E-state index contributed by atoms with van der Waals surface area (Å²) in [4.78, 5) is 18.2. The fourth-order valence-electron chi connectivity index (χ4n) is 1.51. The van der Waals surface area contributed by atoms with Crippen molar-refractivity contribution in [3.05, 3.63) is 57.5 Å². The number of aromatic amines is 1. The van der Waals surface area contributed by atoms with Gasteiger partial charge in [0.15, 0.2) is 16.8 Å². The molecule has 0 amide bonds. The van der Waals surface area contributed by atoms with Crippen molar-refractivity contribution in [3.63, 3.8) is 0 Å². The molecule has 1 heterocycles. The molecule has 0 aliphatic rings. The minimum atomic E-state index is -0.873. The molecule has 0 radical (unpaired) electrons. The number of nitrogens with zero attached hydrogens (tertiary/aromatic N) is 1. The number of aryl methyl sites for hydroxylation is 1. The molecule has 1 aromatic carbocycles. The van der Waals surface area contributed by atoms with Gasteiger partial charge in [-0.1, -0.05) is 24.8 Å². The molecule has 0 unspecified atom stereocenters. The molecular weight excluding hydrogens is 270 g/mol. The first-order chi connectivity index (χ1) is 9.08. The number of benzene rings is 1. The van der Waals surface area contributed by atoms with E-state index in [1.54, 1.807) is 0 Å². The van der Waals surface area contributed by atoms with Gasteiger partial charge in [0.2, 0.25) is 0 Å². The average Bonchev–Trinajstić information content (AvgIpc) is 2.39. The van der Waals surface area contributed by atoms with Gasteiger partial charge < -0.3 is 4.98 Å². The first-order valence-corrected chi connectivity index (χ1v) is 6.74. The minimum absolute atomic E-state index is 0.209. The Hall–Kier alpha value is -1.69. The highest BCUT2D eigenvalue weighted by atomic mass is 32.2. The lowest BCUT2D eigenvalue weighted by molar-refractivity contribution is 0.507. The van der Waals surface area contributed by atoms with Crippen LogP contribution in [0.2, 0.25) is 0 Å². The number of hydrogen-bond acceptors (Lipinski definition) is 3. The van der Waals surface area contributed by atoms with Crippen LogP contribution < -0.4 is 5.56 Å². The Labute approximate surface area is 113 Å². The molecule has 0 spiro atoms. The van der Waals surface area contributed by atoms with E-state index in [1.165, 1.54) is 23.9 Å². The standard InChI is InChI=1S/C13H12F2N2OS/c1-2-9-6-12(18)17-13(16-9)19-7-8-3-4-10(14)11(15)5-8/h3-6H,2,7H2,1H3,(H,16,17,18). The number of thioether (sulfide) groups is 1. The molecule has 0 atom stereocenters. The molecule has 100 valence electrons. The molecule has 2 rings (SSSR count). The Balaban J connectivity index is 2.11. The van der Waals surface area contributed by atoms with E-state index in [0.29, 0.717) is 28.6 Å². The van der Waals surface area contributed by atoms with Gasteiger partial charge in [-0.2, -0.15) is 0 Å². The van der Waals surface area contributed by atoms with E-state index in [0.717, 1.165) is 12.1 Å². The van der Waals surface area contributed by atoms with Crippen LogP contribution in [0.15, 0.2) is 34.2 Å². The zero-order valence-corrected chi connectivity index (χ0v) is 11.1. The van der Waals surface area contributed by atoms with E-state index in [-0.39, 0.29) is 5.56 Å². The topological polar surface area (TPSA) is 45.8 Å². The van der Waals surface area contributed by atoms with E-state index < -0.39 is 11.6 Å². The van der Waals surface area contributed by atoms with Crippen LogP contribution in [0, 0.1) is 11.6 Å². The highest BCUT2D eigenvalue weighted by Gasteiger charge is 2.05. The van der Waals surface area contributed by atoms with Crippen molar-refractivity contribution < 1.29 is 8.78 Å². The number of aromatic nitrogens is 2. The van der Waals surface area contributed by atoms with Crippen LogP contribution in [0.4, 0.5) is 8.78 Å². The highest BCUT2D eigenvalue weighted by molar-refractivity contribution is 7.98. The van der Waals surface area contributed by atoms with Crippen LogP contribution in [-0.4, -0.2) is 9.97 Å². The summed E-state index contributed by atoms with van der Waals surface area (Å²) in [5.41, 5.74) is 1.13. The smallest absolute Gasteiger partial charge is 0.251 e. The van der Waals surface area contributed by atoms with Gasteiger partial charge in [-0.05, 0) is 24.1 Å². The second-order valence-electron chi connectivity index (χ2n) is 3.93. The van der Waals surface area contributed by atoms with Crippen LogP contribution in [0.5, 0.6) is 0 Å². The van der Waals surface area contributed by atoms with E-state index in [2.05, 4.69) is 9.97 Å². The fourth-order valence-corrected chi connectivity index (χ4v) is 2.35. The Morgan fingerprint density at radius 2 is 2.05 bits per heavy atom. The zero-order chi connectivity index (χ0) is 13.8. The van der Waals surface area contributed by atoms with Crippen molar-refractivity contribution in [3.8, 4) is 0 Å². The van der Waals surface area contributed by atoms with Crippen LogP contribution in [-0.2, 0) is 12.2 Å². The van der Waals surface area contributed by atoms with Gasteiger partial charge in [-0.3, -0.25) is 4.79 Å². The summed E-state index contributed by atoms with van der Waals surface area (Å²) in [7, 11) is 0. The lowest BCUT2D eigenvalue weighted by Gasteiger charge is -2.03. The Morgan fingerprint density at radius 1 is 1.26 bits per heavy atom. The summed E-state index contributed by atoms with van der Waals surface area (Å²) in [5, 5.41) is 0.481. The van der Waals surface area contributed by atoms with Crippen molar-refractivity contribution in [1.82, 2.24) is 9.97 Å². The summed E-state index contributed by atoms with van der Waals surface area (Å²) in [6, 6.07) is 5.18. The number of H-pyrrole nitrogens is 1. The Kier molecular flexibility index (Phi) is 4.31. The van der Waals surface area contributed by atoms with Crippen LogP contribution in [0.25, 0.3) is 0 Å². The summed E-state index contributed by atoms with van der Waals surface area (Å²) < 4.78 is 25.8. The summed E-state index contributed by atoms with van der Waals surface area (Å²) in [5.74, 6) is -1.33. The van der Waals surface area contributed by atoms with Crippen molar-refractivity contribution in [2.75, 3.05) is 0 Å². The van der Waals surface area contributed by atoms with Crippen molar-refractivity contribution in [2.45, 2.75) is 24.3 Å². The van der Waals surface area contributed by atoms with E-state index >= 15 is 0 Å². The highest BCUT2D eigenvalue weighted by Crippen LogP contribution is 2.19. The lowest BCUT2D eigenvalue weighted by atomic mass is 10.2. The zero-order valence-electron chi connectivity index (χ0n) is 10.2. The maximum absolute atomic E-state index is 13.0. The van der Waals surface area contributed by atoms with Gasteiger partial charge in [0.25, 0.3) is 5.56 Å². The maximum atomic E-state index is 13.0. The molecule has 3 nitrogen and oxygen atoms in total. The molecule has 0 bridgehead atoms. The molecule has 1 N–H and O–H groups in total. The van der Waals surface area contributed by atoms with Crippen molar-refractivity contribution in [2.24, 2.45) is 0 Å². The quantitative estimate of drug-likeness (QED) is 0.693. The van der Waals surface area contributed by atoms with Gasteiger partial charge in [0.05, 0.1) is 0 Å². The summed E-state index contributed by atoms with van der Waals surface area (Å²) in [6.07, 6.45) is 0.669. The van der Waals surface area contributed by atoms with Crippen LogP contribution >= 0.6 is 11.8 Å². The van der Waals surface area contributed by atoms with E-state index in [9.17, 15) is 13.6 Å². The molecule has 1 aromatic heterocycles. The maximum Gasteiger partial charge on any atom is 0.251 e. The lowest BCUT2D eigenvalue weighted by Crippen LogP contribution is -2.09. The van der Waals surface area contributed by atoms with Crippen LogP contribution in [0.3, 0.4) is 0 Å². The van der Waals surface area contributed by atoms with Crippen molar-refractivity contribution in [1.29, 1.82) is 0 Å². The van der Waals surface area contributed by atoms with Gasteiger partial charge in [0, 0.05) is 17.5 Å². The normalized spacial score (nSPS) is 10.7. The summed E-state index contributed by atoms with van der Waals surface area (Å²) >= 11 is 1.28. The van der Waals surface area contributed by atoms with Gasteiger partial charge >= 0.3 is 0 Å². The largest absolute Gasteiger partial charge is 0.301 e. The fraction of sp³-hybridized carbons (Fsp3) is 0.231. The number of halogens is 2. The first kappa shape index (κ1) is 13.7. The molecule has 0 aliphatic heterocycles. The molecular formula is C13H12F2N2OS. The number of nitrogens with one attached hydrogen (secondary N) is 1. The third-order valence-electron chi connectivity index (χ3n) is 2.49. The van der Waals surface area contributed by atoms with Crippen LogP contribution in [0.1, 0.15) is 18.2 Å². The molecule has 2 aromatic rings. The van der Waals surface area contributed by atoms with Gasteiger partial charge in [-0.25, -0.2) is 13.8 Å². The summed E-state index contributed by atoms with van der Waals surface area (Å²) in [6.45, 7) is 1.91. The molecule has 0 aliphatic carbocycles. The predicted octanol–water partition coefficient (Wildman–Crippen LogP) is 2.90. The van der Waals surface area contributed by atoms with Crippen molar-refractivity contribution >= 4 is 11.8 Å². The molecule has 0 saturated carbocycles. The molecule has 19 heavy (non-hydrogen) atoms. The van der Waals surface area contributed by atoms with Gasteiger partial charge in [0.1, 0.15) is 0 Å². The third-order valence-corrected chi connectivity index (χ3v) is 3.44. The third kappa shape index (κ3) is 3.64. The number of rotatable bonds is 4. The predicted molar refractivity (Wildman–Crippen MR) is 70.2 cm³/mol. The second kappa shape index (κ2) is 5.97. The molecule has 6 heteroatoms. The van der Waals surface area contributed by atoms with E-state index in [1.807, 2.05) is 6.92 Å². The average molecular weight is 282 g/mol. The monoisotopic (exact) mass is 282 g/mol. The Bertz CT molecular complexity index is 643. The second-order valence-corrected chi connectivity index (χ2v) is 4.90. The van der Waals surface area contributed by atoms with Gasteiger partial charge in [-0.15, -0.1) is 0 Å². The molecule has 0 saturated heterocycles. The SMILES string of the molecule is CCc1cc(=O)[nH]c(SCc2ccc(F)c(F)c2)n1. The Morgan fingerprint density at radius 3 is 2.74 bits per heavy atom. The molecule has 0 fully saturated rings. The number of hydrogen-bond donors (Lipinski definition) is 1. The van der Waals surface area contributed by atoms with E-state index in [4.69, 9.17) is 0 Å². The first-order valence-electron chi connectivity index (χ1n) is 5.75. The minimum Gasteiger partial charge on any atom is -0.301 e.